The monoisotopic (exact) mass is 258 g/mol. The molecule has 1 aliphatic rings. The fraction of sp³-hybridized carbons (Fsp3) is 0.455. The summed E-state index contributed by atoms with van der Waals surface area (Å²) in [5.41, 5.74) is 5.52. The zero-order valence-electron chi connectivity index (χ0n) is 9.53. The molecule has 0 atom stereocenters. The number of halogens is 1. The Hall–Kier alpha value is -1.14. The minimum Gasteiger partial charge on any atom is -0.396 e. The van der Waals surface area contributed by atoms with Gasteiger partial charge in [-0.3, -0.25) is 0 Å². The molecule has 0 aromatic heterocycles. The van der Waals surface area contributed by atoms with Gasteiger partial charge in [0.05, 0.1) is 10.6 Å². The maximum absolute atomic E-state index is 13.3. The molecule has 3 N–H and O–H groups in total. The van der Waals surface area contributed by atoms with Crippen LogP contribution >= 0.6 is 0 Å². The summed E-state index contributed by atoms with van der Waals surface area (Å²) in [7, 11) is -3.58. The lowest BCUT2D eigenvalue weighted by Crippen LogP contribution is -2.39. The van der Waals surface area contributed by atoms with E-state index in [1.54, 1.807) is 0 Å². The second-order valence-electron chi connectivity index (χ2n) is 4.39. The van der Waals surface area contributed by atoms with Crippen LogP contribution in [0.25, 0.3) is 0 Å². The van der Waals surface area contributed by atoms with Gasteiger partial charge in [0.2, 0.25) is 10.0 Å². The molecule has 17 heavy (non-hydrogen) atoms. The molecule has 0 radical (unpaired) electrons. The van der Waals surface area contributed by atoms with Crippen molar-refractivity contribution in [3.05, 3.63) is 23.5 Å². The maximum atomic E-state index is 13.3. The Morgan fingerprint density at radius 1 is 1.41 bits per heavy atom. The minimum absolute atomic E-state index is 0.00610. The highest BCUT2D eigenvalue weighted by molar-refractivity contribution is 7.89. The Kier molecular flexibility index (Phi) is 3.09. The Bertz CT molecular complexity index is 515. The normalized spacial score (nSPS) is 16.8. The quantitative estimate of drug-likeness (QED) is 0.808. The van der Waals surface area contributed by atoms with Crippen LogP contribution in [0.3, 0.4) is 0 Å². The van der Waals surface area contributed by atoms with Crippen LogP contribution in [-0.4, -0.2) is 14.5 Å². The van der Waals surface area contributed by atoms with E-state index < -0.39 is 15.8 Å². The minimum atomic E-state index is -3.58. The Balaban J connectivity index is 2.32. The summed E-state index contributed by atoms with van der Waals surface area (Å²) < 4.78 is 39.8. The van der Waals surface area contributed by atoms with Crippen molar-refractivity contribution in [2.75, 3.05) is 5.73 Å². The SMILES string of the molecule is Cc1cc(S(=O)(=O)NC2CCC2)cc(N)c1F. The third kappa shape index (κ3) is 2.42. The van der Waals surface area contributed by atoms with Gasteiger partial charge in [0.15, 0.2) is 0 Å². The van der Waals surface area contributed by atoms with Gasteiger partial charge in [-0.05, 0) is 37.5 Å². The molecule has 94 valence electrons. The van der Waals surface area contributed by atoms with Crippen molar-refractivity contribution in [3.8, 4) is 0 Å². The van der Waals surface area contributed by atoms with Crippen molar-refractivity contribution < 1.29 is 12.8 Å². The fourth-order valence-electron chi connectivity index (χ4n) is 1.73. The Labute approximate surface area is 100 Å². The number of aryl methyl sites for hydroxylation is 1. The molecule has 0 aliphatic heterocycles. The first kappa shape index (κ1) is 12.3. The molecule has 0 saturated heterocycles. The largest absolute Gasteiger partial charge is 0.396 e. The summed E-state index contributed by atoms with van der Waals surface area (Å²) in [6.07, 6.45) is 2.75. The first-order valence-corrected chi connectivity index (χ1v) is 6.96. The number of rotatable bonds is 3. The van der Waals surface area contributed by atoms with Gasteiger partial charge in [-0.25, -0.2) is 17.5 Å². The third-order valence-electron chi connectivity index (χ3n) is 2.99. The smallest absolute Gasteiger partial charge is 0.240 e. The van der Waals surface area contributed by atoms with E-state index in [-0.39, 0.29) is 22.2 Å². The van der Waals surface area contributed by atoms with Crippen LogP contribution < -0.4 is 10.5 Å². The van der Waals surface area contributed by atoms with Crippen LogP contribution in [0.5, 0.6) is 0 Å². The fourth-order valence-corrected chi connectivity index (χ4v) is 3.16. The highest BCUT2D eigenvalue weighted by atomic mass is 32.2. The topological polar surface area (TPSA) is 72.2 Å². The van der Waals surface area contributed by atoms with Gasteiger partial charge in [0.25, 0.3) is 0 Å². The van der Waals surface area contributed by atoms with E-state index in [1.807, 2.05) is 0 Å². The van der Waals surface area contributed by atoms with Crippen LogP contribution in [0.4, 0.5) is 10.1 Å². The average Bonchev–Trinajstić information content (AvgIpc) is 2.19. The summed E-state index contributed by atoms with van der Waals surface area (Å²) in [5.74, 6) is -0.562. The first-order chi connectivity index (χ1) is 7.90. The number of nitrogens with two attached hydrogens (primary N) is 1. The summed E-state index contributed by atoms with van der Waals surface area (Å²) in [6.45, 7) is 1.49. The van der Waals surface area contributed by atoms with E-state index in [4.69, 9.17) is 5.73 Å². The molecule has 1 aromatic rings. The number of hydrogen-bond donors (Lipinski definition) is 2. The van der Waals surface area contributed by atoms with Crippen molar-refractivity contribution in [1.29, 1.82) is 0 Å². The van der Waals surface area contributed by atoms with Gasteiger partial charge >= 0.3 is 0 Å². The van der Waals surface area contributed by atoms with E-state index in [0.717, 1.165) is 25.3 Å². The zero-order valence-corrected chi connectivity index (χ0v) is 10.3. The molecule has 1 fully saturated rings. The van der Waals surface area contributed by atoms with Crippen molar-refractivity contribution in [1.82, 2.24) is 4.72 Å². The van der Waals surface area contributed by atoms with Gasteiger partial charge in [0.1, 0.15) is 5.82 Å². The zero-order chi connectivity index (χ0) is 12.6. The number of benzene rings is 1. The summed E-state index contributed by atoms with van der Waals surface area (Å²) in [4.78, 5) is 0.0285. The number of anilines is 1. The van der Waals surface area contributed by atoms with Crippen LogP contribution in [-0.2, 0) is 10.0 Å². The van der Waals surface area contributed by atoms with Crippen LogP contribution in [0, 0.1) is 12.7 Å². The summed E-state index contributed by atoms with van der Waals surface area (Å²) in [5, 5.41) is 0. The molecule has 0 spiro atoms. The van der Waals surface area contributed by atoms with E-state index >= 15 is 0 Å². The highest BCUT2D eigenvalue weighted by Gasteiger charge is 2.25. The van der Waals surface area contributed by atoms with Crippen LogP contribution in [0.15, 0.2) is 17.0 Å². The standard InChI is InChI=1S/C11H15FN2O2S/c1-7-5-9(6-10(13)11(7)12)17(15,16)14-8-3-2-4-8/h5-6,8,14H,2-4,13H2,1H3. The molecule has 0 bridgehead atoms. The Morgan fingerprint density at radius 3 is 2.53 bits per heavy atom. The van der Waals surface area contributed by atoms with Gasteiger partial charge in [0, 0.05) is 6.04 Å². The molecular formula is C11H15FN2O2S. The summed E-state index contributed by atoms with van der Waals surface area (Å²) >= 11 is 0. The van der Waals surface area contributed by atoms with Gasteiger partial charge in [-0.1, -0.05) is 6.42 Å². The molecular weight excluding hydrogens is 243 g/mol. The molecule has 2 rings (SSSR count). The number of nitrogen functional groups attached to an aromatic ring is 1. The lowest BCUT2D eigenvalue weighted by Gasteiger charge is -2.26. The molecule has 0 amide bonds. The van der Waals surface area contributed by atoms with Crippen molar-refractivity contribution in [2.45, 2.75) is 37.1 Å². The predicted octanol–water partition coefficient (Wildman–Crippen LogP) is 1.55. The molecule has 4 nitrogen and oxygen atoms in total. The van der Waals surface area contributed by atoms with E-state index in [2.05, 4.69) is 4.72 Å². The molecule has 1 aromatic carbocycles. The molecule has 6 heteroatoms. The second-order valence-corrected chi connectivity index (χ2v) is 6.11. The third-order valence-corrected chi connectivity index (χ3v) is 4.49. The number of sulfonamides is 1. The van der Waals surface area contributed by atoms with Crippen molar-refractivity contribution >= 4 is 15.7 Å². The van der Waals surface area contributed by atoms with Gasteiger partial charge in [-0.15, -0.1) is 0 Å². The van der Waals surface area contributed by atoms with E-state index in [9.17, 15) is 12.8 Å². The van der Waals surface area contributed by atoms with E-state index in [0.29, 0.717) is 0 Å². The van der Waals surface area contributed by atoms with Crippen molar-refractivity contribution in [3.63, 3.8) is 0 Å². The molecule has 1 saturated carbocycles. The number of hydrogen-bond acceptors (Lipinski definition) is 3. The predicted molar refractivity (Wildman–Crippen MR) is 63.5 cm³/mol. The molecule has 0 heterocycles. The molecule has 0 unspecified atom stereocenters. The van der Waals surface area contributed by atoms with Gasteiger partial charge < -0.3 is 5.73 Å². The first-order valence-electron chi connectivity index (χ1n) is 5.48. The highest BCUT2D eigenvalue weighted by Crippen LogP contribution is 2.24. The van der Waals surface area contributed by atoms with Crippen molar-refractivity contribution in [2.24, 2.45) is 0 Å². The van der Waals surface area contributed by atoms with Crippen LogP contribution in [0.1, 0.15) is 24.8 Å². The maximum Gasteiger partial charge on any atom is 0.240 e. The molecule has 1 aliphatic carbocycles. The summed E-state index contributed by atoms with van der Waals surface area (Å²) in [6, 6.07) is 2.46. The lowest BCUT2D eigenvalue weighted by molar-refractivity contribution is 0.383. The second kappa shape index (κ2) is 4.27. The average molecular weight is 258 g/mol. The van der Waals surface area contributed by atoms with E-state index in [1.165, 1.54) is 13.0 Å². The lowest BCUT2D eigenvalue weighted by atomic mass is 9.94. The number of nitrogens with one attached hydrogen (secondary N) is 1. The van der Waals surface area contributed by atoms with Crippen LogP contribution in [0.2, 0.25) is 0 Å². The Morgan fingerprint density at radius 2 is 2.06 bits per heavy atom. The van der Waals surface area contributed by atoms with Gasteiger partial charge in [-0.2, -0.15) is 0 Å².